The van der Waals surface area contributed by atoms with Gasteiger partial charge >= 0.3 is 18.6 Å². The van der Waals surface area contributed by atoms with Crippen molar-refractivity contribution in [3.63, 3.8) is 0 Å². The van der Waals surface area contributed by atoms with Gasteiger partial charge in [0.05, 0.1) is 32.1 Å². The summed E-state index contributed by atoms with van der Waals surface area (Å²) in [7, 11) is 2.34. The Bertz CT molecular complexity index is 733. The molecule has 2 rings (SSSR count). The summed E-state index contributed by atoms with van der Waals surface area (Å²) in [6.45, 7) is -3.22. The molecule has 0 spiro atoms. The van der Waals surface area contributed by atoms with Crippen LogP contribution in [0.3, 0.4) is 0 Å². The zero-order valence-corrected chi connectivity index (χ0v) is 16.7. The van der Waals surface area contributed by atoms with Crippen molar-refractivity contribution in [3.8, 4) is 5.75 Å². The van der Waals surface area contributed by atoms with Gasteiger partial charge in [0.15, 0.2) is 0 Å². The Hall–Kier alpha value is -1.72. The van der Waals surface area contributed by atoms with Crippen molar-refractivity contribution < 1.29 is 37.3 Å². The summed E-state index contributed by atoms with van der Waals surface area (Å²) in [6.07, 6.45) is 0. The fourth-order valence-corrected chi connectivity index (χ4v) is 3.86. The molecule has 26 heavy (non-hydrogen) atoms. The molecular formula is C15H13Br2F2NO6. The number of esters is 2. The third kappa shape index (κ3) is 4.33. The Labute approximate surface area is 164 Å². The molecule has 0 atom stereocenters. The van der Waals surface area contributed by atoms with Gasteiger partial charge in [0.1, 0.15) is 18.2 Å². The standard InChI is InChI=1S/C15H13Br2F2NO6/c1-23-13(21)8-5-25-6-20(11(8)14(22)24-2)12-9(16)3-7(4-10(12)17)26-15(18)19/h3-4,15H,5-6H2,1-2H3. The van der Waals surface area contributed by atoms with Crippen LogP contribution in [-0.2, 0) is 23.8 Å². The molecule has 0 amide bonds. The van der Waals surface area contributed by atoms with Crippen LogP contribution in [0.2, 0.25) is 0 Å². The molecule has 1 aliphatic heterocycles. The second-order valence-electron chi connectivity index (χ2n) is 4.83. The van der Waals surface area contributed by atoms with E-state index < -0.39 is 18.6 Å². The molecule has 0 bridgehead atoms. The number of nitrogens with zero attached hydrogens (tertiary/aromatic N) is 1. The highest BCUT2D eigenvalue weighted by Gasteiger charge is 2.34. The van der Waals surface area contributed by atoms with Gasteiger partial charge in [-0.15, -0.1) is 0 Å². The summed E-state index contributed by atoms with van der Waals surface area (Å²) < 4.78 is 44.7. The lowest BCUT2D eigenvalue weighted by molar-refractivity contribution is -0.140. The van der Waals surface area contributed by atoms with Crippen molar-refractivity contribution in [1.82, 2.24) is 0 Å². The van der Waals surface area contributed by atoms with Gasteiger partial charge in [0.2, 0.25) is 0 Å². The smallest absolute Gasteiger partial charge is 0.387 e. The number of anilines is 1. The van der Waals surface area contributed by atoms with E-state index in [9.17, 15) is 18.4 Å². The molecule has 0 N–H and O–H groups in total. The summed E-state index contributed by atoms with van der Waals surface area (Å²) in [4.78, 5) is 25.6. The summed E-state index contributed by atoms with van der Waals surface area (Å²) in [5, 5.41) is 0. The van der Waals surface area contributed by atoms with Crippen LogP contribution in [0.4, 0.5) is 14.5 Å². The molecule has 0 radical (unpaired) electrons. The van der Waals surface area contributed by atoms with Gasteiger partial charge in [-0.25, -0.2) is 9.59 Å². The Kier molecular flexibility index (Phi) is 6.95. The van der Waals surface area contributed by atoms with Gasteiger partial charge in [-0.2, -0.15) is 8.78 Å². The first kappa shape index (κ1) is 20.6. The molecule has 1 aromatic rings. The third-order valence-corrected chi connectivity index (χ3v) is 4.53. The molecule has 0 fully saturated rings. The highest BCUT2D eigenvalue weighted by Crippen LogP contribution is 2.41. The van der Waals surface area contributed by atoms with Crippen molar-refractivity contribution in [2.45, 2.75) is 6.61 Å². The van der Waals surface area contributed by atoms with Crippen molar-refractivity contribution in [2.24, 2.45) is 0 Å². The SMILES string of the molecule is COC(=O)C1=C(C(=O)OC)N(c2c(Br)cc(OC(F)F)cc2Br)COC1. The fourth-order valence-electron chi connectivity index (χ4n) is 2.29. The lowest BCUT2D eigenvalue weighted by Crippen LogP contribution is -2.39. The van der Waals surface area contributed by atoms with E-state index in [-0.39, 0.29) is 30.4 Å². The molecule has 11 heteroatoms. The number of ether oxygens (including phenoxy) is 4. The van der Waals surface area contributed by atoms with E-state index in [0.29, 0.717) is 14.6 Å². The normalized spacial score (nSPS) is 14.5. The van der Waals surface area contributed by atoms with Gasteiger partial charge in [-0.3, -0.25) is 0 Å². The fraction of sp³-hybridized carbons (Fsp3) is 0.333. The molecule has 7 nitrogen and oxygen atoms in total. The quantitative estimate of drug-likeness (QED) is 0.575. The number of rotatable bonds is 5. The van der Waals surface area contributed by atoms with Crippen molar-refractivity contribution in [1.29, 1.82) is 0 Å². The molecule has 0 aliphatic carbocycles. The average Bonchev–Trinajstić information content (AvgIpc) is 2.59. The van der Waals surface area contributed by atoms with Gasteiger partial charge in [0.25, 0.3) is 0 Å². The maximum atomic E-state index is 12.4. The first-order valence-electron chi connectivity index (χ1n) is 6.99. The largest absolute Gasteiger partial charge is 0.466 e. The van der Waals surface area contributed by atoms with Crippen LogP contribution in [0.5, 0.6) is 5.75 Å². The molecule has 0 saturated heterocycles. The molecule has 0 unspecified atom stereocenters. The number of carbonyl (C=O) groups excluding carboxylic acids is 2. The molecule has 1 aromatic carbocycles. The van der Waals surface area contributed by atoms with Crippen LogP contribution >= 0.6 is 31.9 Å². The molecular weight excluding hydrogens is 488 g/mol. The zero-order valence-electron chi connectivity index (χ0n) is 13.6. The van der Waals surface area contributed by atoms with E-state index in [2.05, 4.69) is 41.3 Å². The number of benzene rings is 1. The van der Waals surface area contributed by atoms with Crippen LogP contribution in [0.1, 0.15) is 0 Å². The topological polar surface area (TPSA) is 74.3 Å². The van der Waals surface area contributed by atoms with Crippen LogP contribution in [0, 0.1) is 0 Å². The van der Waals surface area contributed by atoms with Gasteiger partial charge in [0, 0.05) is 8.95 Å². The summed E-state index contributed by atoms with van der Waals surface area (Å²) in [6, 6.07) is 2.60. The predicted octanol–water partition coefficient (Wildman–Crippen LogP) is 3.21. The number of carbonyl (C=O) groups is 2. The number of hydrogen-bond acceptors (Lipinski definition) is 7. The Morgan fingerprint density at radius 1 is 1.15 bits per heavy atom. The first-order valence-corrected chi connectivity index (χ1v) is 8.57. The Balaban J connectivity index is 2.58. The predicted molar refractivity (Wildman–Crippen MR) is 92.8 cm³/mol. The first-order chi connectivity index (χ1) is 12.3. The second-order valence-corrected chi connectivity index (χ2v) is 6.54. The second kappa shape index (κ2) is 8.78. The van der Waals surface area contributed by atoms with Crippen LogP contribution in [0.25, 0.3) is 0 Å². The summed E-state index contributed by atoms with van der Waals surface area (Å²) in [5.74, 6) is -1.63. The maximum absolute atomic E-state index is 12.4. The number of methoxy groups -OCH3 is 2. The number of halogens is 4. The average molecular weight is 501 g/mol. The van der Waals surface area contributed by atoms with Crippen molar-refractivity contribution >= 4 is 49.5 Å². The maximum Gasteiger partial charge on any atom is 0.387 e. The number of alkyl halides is 2. The summed E-state index contributed by atoms with van der Waals surface area (Å²) >= 11 is 6.51. The lowest BCUT2D eigenvalue weighted by atomic mass is 10.1. The van der Waals surface area contributed by atoms with Crippen LogP contribution in [0.15, 0.2) is 32.3 Å². The van der Waals surface area contributed by atoms with Crippen LogP contribution < -0.4 is 9.64 Å². The van der Waals surface area contributed by atoms with Gasteiger partial charge in [-0.05, 0) is 44.0 Å². The van der Waals surface area contributed by atoms with Gasteiger partial charge < -0.3 is 23.8 Å². The lowest BCUT2D eigenvalue weighted by Gasteiger charge is -2.32. The highest BCUT2D eigenvalue weighted by molar-refractivity contribution is 9.11. The minimum Gasteiger partial charge on any atom is -0.466 e. The minimum absolute atomic E-state index is 0.0303. The van der Waals surface area contributed by atoms with Crippen molar-refractivity contribution in [2.75, 3.05) is 32.5 Å². The highest BCUT2D eigenvalue weighted by atomic mass is 79.9. The Morgan fingerprint density at radius 2 is 1.73 bits per heavy atom. The van der Waals surface area contributed by atoms with E-state index in [1.807, 2.05) is 0 Å². The molecule has 1 aliphatic rings. The van der Waals surface area contributed by atoms with E-state index in [0.717, 1.165) is 0 Å². The zero-order chi connectivity index (χ0) is 19.4. The monoisotopic (exact) mass is 499 g/mol. The third-order valence-electron chi connectivity index (χ3n) is 3.32. The van der Waals surface area contributed by atoms with E-state index >= 15 is 0 Å². The Morgan fingerprint density at radius 3 is 2.23 bits per heavy atom. The molecule has 142 valence electrons. The molecule has 0 saturated carbocycles. The molecule has 1 heterocycles. The minimum atomic E-state index is -2.99. The number of hydrogen-bond donors (Lipinski definition) is 0. The van der Waals surface area contributed by atoms with Crippen LogP contribution in [-0.4, -0.2) is 46.1 Å². The van der Waals surface area contributed by atoms with E-state index in [1.54, 1.807) is 0 Å². The van der Waals surface area contributed by atoms with Gasteiger partial charge in [-0.1, -0.05) is 0 Å². The van der Waals surface area contributed by atoms with E-state index in [4.69, 9.17) is 9.47 Å². The summed E-state index contributed by atoms with van der Waals surface area (Å²) in [5.41, 5.74) is 0.250. The molecule has 0 aromatic heterocycles. The van der Waals surface area contributed by atoms with Crippen molar-refractivity contribution in [3.05, 3.63) is 32.3 Å². The van der Waals surface area contributed by atoms with E-state index in [1.165, 1.54) is 31.3 Å².